The molecule has 0 saturated heterocycles. The normalized spacial score (nSPS) is 44.4. The van der Waals surface area contributed by atoms with Crippen molar-refractivity contribution < 1.29 is 20.1 Å². The Morgan fingerprint density at radius 2 is 1.73 bits per heavy atom. The molecule has 3 N–H and O–H groups in total. The Morgan fingerprint density at radius 1 is 1.09 bits per heavy atom. The number of methoxy groups -OCH3 is 1. The Labute approximate surface area is 64.7 Å². The summed E-state index contributed by atoms with van der Waals surface area (Å²) in [6.45, 7) is 0. The molecule has 1 aliphatic rings. The molecule has 11 heavy (non-hydrogen) atoms. The van der Waals surface area contributed by atoms with Crippen molar-refractivity contribution in [2.24, 2.45) is 0 Å². The van der Waals surface area contributed by atoms with Crippen molar-refractivity contribution in [2.45, 2.75) is 24.4 Å². The van der Waals surface area contributed by atoms with E-state index in [0.29, 0.717) is 0 Å². The fraction of sp³-hybridized carbons (Fsp3) is 0.714. The minimum Gasteiger partial charge on any atom is -0.387 e. The lowest BCUT2D eigenvalue weighted by Crippen LogP contribution is -2.46. The third kappa shape index (κ3) is 1.59. The summed E-state index contributed by atoms with van der Waals surface area (Å²) in [5, 5.41) is 27.3. The number of ether oxygens (including phenoxy) is 1. The van der Waals surface area contributed by atoms with Crippen LogP contribution >= 0.6 is 0 Å². The molecule has 0 amide bonds. The molecule has 4 atom stereocenters. The Hall–Kier alpha value is -0.420. The van der Waals surface area contributed by atoms with Gasteiger partial charge in [-0.3, -0.25) is 0 Å². The SMILES string of the molecule is CO[C@H]1C=C[C@@H](O)[C@@H](O)[C@@H]1O. The van der Waals surface area contributed by atoms with Crippen molar-refractivity contribution in [2.75, 3.05) is 7.11 Å². The van der Waals surface area contributed by atoms with E-state index in [1.807, 2.05) is 0 Å². The predicted octanol–water partition coefficient (Wildman–Crippen LogP) is -1.35. The molecule has 0 heterocycles. The third-order valence-corrected chi connectivity index (χ3v) is 1.81. The number of hydrogen-bond donors (Lipinski definition) is 3. The lowest BCUT2D eigenvalue weighted by Gasteiger charge is -2.29. The first-order chi connectivity index (χ1) is 5.16. The Bertz CT molecular complexity index is 157. The van der Waals surface area contributed by atoms with E-state index >= 15 is 0 Å². The van der Waals surface area contributed by atoms with Crippen LogP contribution in [0.5, 0.6) is 0 Å². The first kappa shape index (κ1) is 8.67. The van der Waals surface area contributed by atoms with Crippen LogP contribution in [0.2, 0.25) is 0 Å². The summed E-state index contributed by atoms with van der Waals surface area (Å²) in [7, 11) is 1.43. The molecule has 0 fully saturated rings. The smallest absolute Gasteiger partial charge is 0.112 e. The molecular formula is C7H12O4. The summed E-state index contributed by atoms with van der Waals surface area (Å²) in [6.07, 6.45) is -0.761. The van der Waals surface area contributed by atoms with Crippen molar-refractivity contribution in [1.29, 1.82) is 0 Å². The molecule has 0 radical (unpaired) electrons. The molecule has 0 unspecified atom stereocenters. The van der Waals surface area contributed by atoms with Crippen LogP contribution in [-0.4, -0.2) is 46.8 Å². The summed E-state index contributed by atoms with van der Waals surface area (Å²) >= 11 is 0. The summed E-state index contributed by atoms with van der Waals surface area (Å²) < 4.78 is 4.81. The lowest BCUT2D eigenvalue weighted by molar-refractivity contribution is -0.0980. The van der Waals surface area contributed by atoms with Gasteiger partial charge < -0.3 is 20.1 Å². The van der Waals surface area contributed by atoms with Gasteiger partial charge in [0, 0.05) is 7.11 Å². The number of aliphatic hydroxyl groups is 3. The fourth-order valence-electron chi connectivity index (χ4n) is 1.07. The van der Waals surface area contributed by atoms with Gasteiger partial charge in [0.25, 0.3) is 0 Å². The van der Waals surface area contributed by atoms with Gasteiger partial charge in [-0.05, 0) is 0 Å². The summed E-state index contributed by atoms with van der Waals surface area (Å²) in [5.74, 6) is 0. The van der Waals surface area contributed by atoms with E-state index < -0.39 is 24.4 Å². The maximum Gasteiger partial charge on any atom is 0.112 e. The molecular weight excluding hydrogens is 148 g/mol. The first-order valence-electron chi connectivity index (χ1n) is 3.42. The second-order valence-electron chi connectivity index (χ2n) is 2.56. The van der Waals surface area contributed by atoms with Crippen LogP contribution in [0.15, 0.2) is 12.2 Å². The van der Waals surface area contributed by atoms with Gasteiger partial charge in [-0.1, -0.05) is 12.2 Å². The third-order valence-electron chi connectivity index (χ3n) is 1.81. The minimum absolute atomic E-state index is 0.520. The van der Waals surface area contributed by atoms with Gasteiger partial charge in [0.2, 0.25) is 0 Å². The van der Waals surface area contributed by atoms with Crippen LogP contribution in [0.1, 0.15) is 0 Å². The lowest BCUT2D eigenvalue weighted by atomic mass is 9.96. The monoisotopic (exact) mass is 160 g/mol. The van der Waals surface area contributed by atoms with Gasteiger partial charge in [-0.2, -0.15) is 0 Å². The van der Waals surface area contributed by atoms with E-state index in [-0.39, 0.29) is 0 Å². The molecule has 1 rings (SSSR count). The molecule has 0 saturated carbocycles. The van der Waals surface area contributed by atoms with Crippen LogP contribution in [-0.2, 0) is 4.74 Å². The van der Waals surface area contributed by atoms with Crippen LogP contribution in [0, 0.1) is 0 Å². The maximum atomic E-state index is 9.22. The van der Waals surface area contributed by atoms with Gasteiger partial charge in [0.15, 0.2) is 0 Å². The Kier molecular flexibility index (Phi) is 2.62. The molecule has 4 nitrogen and oxygen atoms in total. The van der Waals surface area contributed by atoms with Gasteiger partial charge in [-0.15, -0.1) is 0 Å². The van der Waals surface area contributed by atoms with Gasteiger partial charge in [-0.25, -0.2) is 0 Å². The van der Waals surface area contributed by atoms with Crippen LogP contribution < -0.4 is 0 Å². The molecule has 0 aliphatic heterocycles. The quantitative estimate of drug-likeness (QED) is 0.415. The molecule has 0 bridgehead atoms. The molecule has 0 aromatic rings. The number of aliphatic hydroxyl groups excluding tert-OH is 3. The second kappa shape index (κ2) is 3.32. The van der Waals surface area contributed by atoms with Crippen molar-refractivity contribution in [3.8, 4) is 0 Å². The highest BCUT2D eigenvalue weighted by Gasteiger charge is 2.32. The summed E-state index contributed by atoms with van der Waals surface area (Å²) in [5.41, 5.74) is 0. The predicted molar refractivity (Wildman–Crippen MR) is 38.0 cm³/mol. The Morgan fingerprint density at radius 3 is 2.27 bits per heavy atom. The highest BCUT2D eigenvalue weighted by Crippen LogP contribution is 2.15. The molecule has 64 valence electrons. The molecule has 0 aromatic heterocycles. The van der Waals surface area contributed by atoms with Gasteiger partial charge in [0.05, 0.1) is 0 Å². The summed E-state index contributed by atoms with van der Waals surface area (Å²) in [4.78, 5) is 0. The van der Waals surface area contributed by atoms with E-state index in [2.05, 4.69) is 0 Å². The molecule has 1 aliphatic carbocycles. The van der Waals surface area contributed by atoms with Crippen LogP contribution in [0.25, 0.3) is 0 Å². The van der Waals surface area contributed by atoms with E-state index in [1.165, 1.54) is 19.3 Å². The van der Waals surface area contributed by atoms with Gasteiger partial charge in [0.1, 0.15) is 24.4 Å². The van der Waals surface area contributed by atoms with Crippen molar-refractivity contribution in [3.05, 3.63) is 12.2 Å². The van der Waals surface area contributed by atoms with Crippen LogP contribution in [0.4, 0.5) is 0 Å². The standard InChI is InChI=1S/C7H12O4/c1-11-5-3-2-4(8)6(9)7(5)10/h2-10H,1H3/t4-,5+,6-,7-/m1/s1. The van der Waals surface area contributed by atoms with Crippen LogP contribution in [0.3, 0.4) is 0 Å². The van der Waals surface area contributed by atoms with Crippen molar-refractivity contribution in [3.63, 3.8) is 0 Å². The average molecular weight is 160 g/mol. The van der Waals surface area contributed by atoms with Crippen molar-refractivity contribution in [1.82, 2.24) is 0 Å². The number of rotatable bonds is 1. The molecule has 4 heteroatoms. The topological polar surface area (TPSA) is 69.9 Å². The first-order valence-corrected chi connectivity index (χ1v) is 3.42. The highest BCUT2D eigenvalue weighted by atomic mass is 16.5. The Balaban J connectivity index is 2.68. The van der Waals surface area contributed by atoms with E-state index in [4.69, 9.17) is 14.9 Å². The summed E-state index contributed by atoms with van der Waals surface area (Å²) in [6, 6.07) is 0. The number of hydrogen-bond acceptors (Lipinski definition) is 4. The molecule has 0 spiro atoms. The van der Waals surface area contributed by atoms with Gasteiger partial charge >= 0.3 is 0 Å². The van der Waals surface area contributed by atoms with E-state index in [9.17, 15) is 5.11 Å². The largest absolute Gasteiger partial charge is 0.387 e. The minimum atomic E-state index is -1.15. The second-order valence-corrected chi connectivity index (χ2v) is 2.56. The van der Waals surface area contributed by atoms with E-state index in [0.717, 1.165) is 0 Å². The zero-order chi connectivity index (χ0) is 8.43. The fourth-order valence-corrected chi connectivity index (χ4v) is 1.07. The highest BCUT2D eigenvalue weighted by molar-refractivity contribution is 5.08. The van der Waals surface area contributed by atoms with E-state index in [1.54, 1.807) is 0 Å². The zero-order valence-corrected chi connectivity index (χ0v) is 6.21. The molecule has 0 aromatic carbocycles. The average Bonchev–Trinajstić information content (AvgIpc) is 2.01. The zero-order valence-electron chi connectivity index (χ0n) is 6.21. The maximum absolute atomic E-state index is 9.22. The van der Waals surface area contributed by atoms with Crippen molar-refractivity contribution >= 4 is 0 Å².